The van der Waals surface area contributed by atoms with Crippen LogP contribution in [0.25, 0.3) is 0 Å². The predicted molar refractivity (Wildman–Crippen MR) is 97.5 cm³/mol. The summed E-state index contributed by atoms with van der Waals surface area (Å²) in [6.07, 6.45) is -0.948. The van der Waals surface area contributed by atoms with Crippen molar-refractivity contribution in [3.05, 3.63) is 57.6 Å². The Balaban J connectivity index is 2.21. The van der Waals surface area contributed by atoms with E-state index in [-0.39, 0.29) is 27.8 Å². The normalized spacial score (nSPS) is 11.7. The molecule has 132 valence electrons. The van der Waals surface area contributed by atoms with Crippen LogP contribution in [0.2, 0.25) is 5.02 Å². The summed E-state index contributed by atoms with van der Waals surface area (Å²) in [6, 6.07) is 8.16. The van der Waals surface area contributed by atoms with Crippen molar-refractivity contribution < 1.29 is 19.1 Å². The van der Waals surface area contributed by atoms with Gasteiger partial charge < -0.3 is 15.2 Å². The first-order chi connectivity index (χ1) is 11.7. The van der Waals surface area contributed by atoms with E-state index in [1.165, 1.54) is 26.2 Å². The molecule has 0 spiro atoms. The van der Waals surface area contributed by atoms with Crippen LogP contribution in [0.1, 0.15) is 38.8 Å². The van der Waals surface area contributed by atoms with Gasteiger partial charge >= 0.3 is 5.97 Å². The zero-order valence-corrected chi connectivity index (χ0v) is 15.3. The number of ketones is 1. The SMILES string of the molecule is COc1cc(N)c(Cl)cc1C(=O)O[C@H](C)C(=O)c1ccc(C)c(C)c1. The summed E-state index contributed by atoms with van der Waals surface area (Å²) in [4.78, 5) is 24.9. The van der Waals surface area contributed by atoms with Gasteiger partial charge in [0.05, 0.1) is 17.8 Å². The van der Waals surface area contributed by atoms with Gasteiger partial charge in [-0.3, -0.25) is 4.79 Å². The molecule has 0 fully saturated rings. The second kappa shape index (κ2) is 7.57. The van der Waals surface area contributed by atoms with Gasteiger partial charge in [-0.2, -0.15) is 0 Å². The molecule has 0 amide bonds. The summed E-state index contributed by atoms with van der Waals surface area (Å²) in [7, 11) is 1.41. The van der Waals surface area contributed by atoms with Crippen LogP contribution in [0, 0.1) is 13.8 Å². The monoisotopic (exact) mass is 361 g/mol. The second-order valence-corrected chi connectivity index (χ2v) is 6.19. The molecule has 1 atom stereocenters. The maximum absolute atomic E-state index is 12.5. The van der Waals surface area contributed by atoms with E-state index in [9.17, 15) is 9.59 Å². The molecule has 6 heteroatoms. The lowest BCUT2D eigenvalue weighted by Crippen LogP contribution is -2.25. The first kappa shape index (κ1) is 18.8. The number of Topliss-reactive ketones (excluding diaryl/α,β-unsaturated/α-hetero) is 1. The molecule has 0 saturated carbocycles. The maximum Gasteiger partial charge on any atom is 0.342 e. The molecule has 0 saturated heterocycles. The van der Waals surface area contributed by atoms with E-state index in [0.29, 0.717) is 5.56 Å². The number of rotatable bonds is 5. The highest BCUT2D eigenvalue weighted by atomic mass is 35.5. The van der Waals surface area contributed by atoms with Gasteiger partial charge in [0.15, 0.2) is 6.10 Å². The van der Waals surface area contributed by atoms with Crippen LogP contribution in [0.3, 0.4) is 0 Å². The van der Waals surface area contributed by atoms with Crippen molar-refractivity contribution >= 4 is 29.0 Å². The molecule has 0 aromatic heterocycles. The molecule has 2 aromatic carbocycles. The molecule has 2 N–H and O–H groups in total. The lowest BCUT2D eigenvalue weighted by molar-refractivity contribution is 0.0316. The molecule has 5 nitrogen and oxygen atoms in total. The fraction of sp³-hybridized carbons (Fsp3) is 0.263. The first-order valence-electron chi connectivity index (χ1n) is 7.70. The van der Waals surface area contributed by atoms with Crippen molar-refractivity contribution in [1.29, 1.82) is 0 Å². The van der Waals surface area contributed by atoms with E-state index in [4.69, 9.17) is 26.8 Å². The van der Waals surface area contributed by atoms with E-state index >= 15 is 0 Å². The van der Waals surface area contributed by atoms with Gasteiger partial charge in [-0.15, -0.1) is 0 Å². The number of hydrogen-bond acceptors (Lipinski definition) is 5. The summed E-state index contributed by atoms with van der Waals surface area (Å²) >= 11 is 5.96. The molecule has 2 aromatic rings. The highest BCUT2D eigenvalue weighted by Gasteiger charge is 2.23. The zero-order valence-electron chi connectivity index (χ0n) is 14.6. The fourth-order valence-corrected chi connectivity index (χ4v) is 2.47. The molecule has 0 radical (unpaired) electrons. The number of methoxy groups -OCH3 is 1. The molecular formula is C19H20ClNO4. The average Bonchev–Trinajstić information content (AvgIpc) is 2.58. The van der Waals surface area contributed by atoms with Crippen LogP contribution in [-0.2, 0) is 4.74 Å². The predicted octanol–water partition coefficient (Wildman–Crippen LogP) is 3.98. The molecule has 2 rings (SSSR count). The van der Waals surface area contributed by atoms with Crippen LogP contribution >= 0.6 is 11.6 Å². The van der Waals surface area contributed by atoms with Gasteiger partial charge in [0.2, 0.25) is 5.78 Å². The number of esters is 1. The van der Waals surface area contributed by atoms with E-state index in [2.05, 4.69) is 0 Å². The fourth-order valence-electron chi connectivity index (χ4n) is 2.30. The summed E-state index contributed by atoms with van der Waals surface area (Å²) < 4.78 is 10.4. The topological polar surface area (TPSA) is 78.6 Å². The Kier molecular flexibility index (Phi) is 5.69. The van der Waals surface area contributed by atoms with Crippen molar-refractivity contribution in [1.82, 2.24) is 0 Å². The van der Waals surface area contributed by atoms with E-state index in [1.54, 1.807) is 12.1 Å². The van der Waals surface area contributed by atoms with Gasteiger partial charge in [0.25, 0.3) is 0 Å². The van der Waals surface area contributed by atoms with E-state index < -0.39 is 12.1 Å². The highest BCUT2D eigenvalue weighted by Crippen LogP contribution is 2.29. The van der Waals surface area contributed by atoms with Crippen molar-refractivity contribution in [2.45, 2.75) is 26.9 Å². The number of halogens is 1. The van der Waals surface area contributed by atoms with Gasteiger partial charge in [0, 0.05) is 11.6 Å². The number of anilines is 1. The molecule has 0 heterocycles. The van der Waals surface area contributed by atoms with Crippen LogP contribution < -0.4 is 10.5 Å². The van der Waals surface area contributed by atoms with Gasteiger partial charge in [-0.25, -0.2) is 4.79 Å². The Labute approximate surface area is 151 Å². The van der Waals surface area contributed by atoms with Crippen molar-refractivity contribution in [2.75, 3.05) is 12.8 Å². The number of aryl methyl sites for hydroxylation is 2. The third-order valence-electron chi connectivity index (χ3n) is 3.98. The Bertz CT molecular complexity index is 832. The number of ether oxygens (including phenoxy) is 2. The minimum Gasteiger partial charge on any atom is -0.496 e. The third kappa shape index (κ3) is 4.12. The summed E-state index contributed by atoms with van der Waals surface area (Å²) in [5.74, 6) is -0.752. The molecule has 0 aliphatic carbocycles. The summed E-state index contributed by atoms with van der Waals surface area (Å²) in [5.41, 5.74) is 8.67. The van der Waals surface area contributed by atoms with Crippen LogP contribution in [0.5, 0.6) is 5.75 Å². The number of carbonyl (C=O) groups is 2. The standard InChI is InChI=1S/C19H20ClNO4/c1-10-5-6-13(7-11(10)2)18(22)12(3)25-19(23)14-8-15(20)16(21)9-17(14)24-4/h5-9,12H,21H2,1-4H3/t12-/m1/s1. The minimum atomic E-state index is -0.948. The molecule has 0 aliphatic rings. The molecule has 25 heavy (non-hydrogen) atoms. The van der Waals surface area contributed by atoms with Gasteiger partial charge in [-0.1, -0.05) is 23.7 Å². The molecular weight excluding hydrogens is 342 g/mol. The Morgan fingerprint density at radius 2 is 1.80 bits per heavy atom. The van der Waals surface area contributed by atoms with Crippen LogP contribution in [-0.4, -0.2) is 25.0 Å². The Hall–Kier alpha value is -2.53. The largest absolute Gasteiger partial charge is 0.496 e. The van der Waals surface area contributed by atoms with Crippen molar-refractivity contribution in [3.8, 4) is 5.75 Å². The van der Waals surface area contributed by atoms with Crippen molar-refractivity contribution in [2.24, 2.45) is 0 Å². The number of nitrogen functional groups attached to an aromatic ring is 1. The third-order valence-corrected chi connectivity index (χ3v) is 4.31. The molecule has 0 aliphatic heterocycles. The second-order valence-electron chi connectivity index (χ2n) is 5.78. The van der Waals surface area contributed by atoms with Crippen LogP contribution in [0.15, 0.2) is 30.3 Å². The first-order valence-corrected chi connectivity index (χ1v) is 8.07. The van der Waals surface area contributed by atoms with Crippen molar-refractivity contribution in [3.63, 3.8) is 0 Å². The number of hydrogen-bond donors (Lipinski definition) is 1. The van der Waals surface area contributed by atoms with Gasteiger partial charge in [0.1, 0.15) is 11.3 Å². The quantitative estimate of drug-likeness (QED) is 0.495. The maximum atomic E-state index is 12.5. The number of benzene rings is 2. The minimum absolute atomic E-state index is 0.112. The highest BCUT2D eigenvalue weighted by molar-refractivity contribution is 6.33. The van der Waals surface area contributed by atoms with E-state index in [1.807, 2.05) is 19.9 Å². The Morgan fingerprint density at radius 3 is 2.40 bits per heavy atom. The smallest absolute Gasteiger partial charge is 0.342 e. The zero-order chi connectivity index (χ0) is 18.7. The number of nitrogens with two attached hydrogens (primary N) is 1. The van der Waals surface area contributed by atoms with Crippen LogP contribution in [0.4, 0.5) is 5.69 Å². The lowest BCUT2D eigenvalue weighted by atomic mass is 10.0. The number of carbonyl (C=O) groups excluding carboxylic acids is 2. The average molecular weight is 362 g/mol. The molecule has 0 unspecified atom stereocenters. The summed E-state index contributed by atoms with van der Waals surface area (Å²) in [6.45, 7) is 5.41. The van der Waals surface area contributed by atoms with Gasteiger partial charge in [-0.05, 0) is 44.0 Å². The molecule has 0 bridgehead atoms. The Morgan fingerprint density at radius 1 is 1.12 bits per heavy atom. The van der Waals surface area contributed by atoms with E-state index in [0.717, 1.165) is 11.1 Å². The summed E-state index contributed by atoms with van der Waals surface area (Å²) in [5, 5.41) is 0.209. The lowest BCUT2D eigenvalue weighted by Gasteiger charge is -2.15.